The molecule has 0 radical (unpaired) electrons. The second kappa shape index (κ2) is 6.15. The molecule has 1 atom stereocenters. The van der Waals surface area contributed by atoms with Crippen molar-refractivity contribution in [2.24, 2.45) is 0 Å². The van der Waals surface area contributed by atoms with Crippen LogP contribution in [-0.2, 0) is 12.8 Å². The number of carbonyl (C=O) groups excluding carboxylic acids is 1. The summed E-state index contributed by atoms with van der Waals surface area (Å²) in [5, 5.41) is 9.15. The van der Waals surface area contributed by atoms with Crippen LogP contribution < -0.4 is 0 Å². The molecule has 0 fully saturated rings. The van der Waals surface area contributed by atoms with Gasteiger partial charge in [0.15, 0.2) is 11.9 Å². The molecule has 1 aliphatic rings. The number of fused-ring (bicyclic) bond motifs is 1. The maximum absolute atomic E-state index is 12.4. The standard InChI is InChI=1S/C15H18F3NO2/c1-10(20)12-3-2-11-4-6-19(7-5-13(11)8-12)9-14(21)15(16,17)18/h2-3,8,14,21H,4-7,9H2,1H3/t14-/m0/s1. The summed E-state index contributed by atoms with van der Waals surface area (Å²) in [6.45, 7) is 2.00. The lowest BCUT2D eigenvalue weighted by atomic mass is 9.99. The fraction of sp³-hybridized carbons (Fsp3) is 0.533. The van der Waals surface area contributed by atoms with Crippen molar-refractivity contribution in [3.05, 3.63) is 34.9 Å². The van der Waals surface area contributed by atoms with Gasteiger partial charge in [0.25, 0.3) is 0 Å². The van der Waals surface area contributed by atoms with E-state index in [1.54, 1.807) is 11.0 Å². The van der Waals surface area contributed by atoms with Crippen molar-refractivity contribution >= 4 is 5.78 Å². The molecule has 0 saturated heterocycles. The topological polar surface area (TPSA) is 40.5 Å². The number of Topliss-reactive ketones (excluding diaryl/α,β-unsaturated/α-hetero) is 1. The van der Waals surface area contributed by atoms with Crippen LogP contribution in [0.3, 0.4) is 0 Å². The summed E-state index contributed by atoms with van der Waals surface area (Å²) in [6.07, 6.45) is -5.69. The Labute approximate surface area is 121 Å². The van der Waals surface area contributed by atoms with Crippen molar-refractivity contribution in [1.29, 1.82) is 0 Å². The number of ketones is 1. The highest BCUT2D eigenvalue weighted by Gasteiger charge is 2.39. The second-order valence-electron chi connectivity index (χ2n) is 5.40. The summed E-state index contributed by atoms with van der Waals surface area (Å²) in [6, 6.07) is 5.44. The van der Waals surface area contributed by atoms with Gasteiger partial charge < -0.3 is 5.11 Å². The van der Waals surface area contributed by atoms with Gasteiger partial charge in [-0.05, 0) is 37.0 Å². The molecule has 0 saturated carbocycles. The highest BCUT2D eigenvalue weighted by molar-refractivity contribution is 5.94. The summed E-state index contributed by atoms with van der Waals surface area (Å²) >= 11 is 0. The molecule has 0 aromatic heterocycles. The molecule has 0 spiro atoms. The zero-order chi connectivity index (χ0) is 15.6. The van der Waals surface area contributed by atoms with Crippen LogP contribution in [0, 0.1) is 0 Å². The number of β-amino-alcohol motifs (C(OH)–C–C–N with tert-alkyl or cyclic N) is 1. The molecule has 6 heteroatoms. The Hall–Kier alpha value is -1.40. The summed E-state index contributed by atoms with van der Waals surface area (Å²) in [5.41, 5.74) is 2.69. The van der Waals surface area contributed by atoms with Crippen LogP contribution in [0.25, 0.3) is 0 Å². The van der Waals surface area contributed by atoms with Crippen LogP contribution in [-0.4, -0.2) is 47.7 Å². The van der Waals surface area contributed by atoms with E-state index in [2.05, 4.69) is 0 Å². The second-order valence-corrected chi connectivity index (χ2v) is 5.40. The predicted octanol–water partition coefficient (Wildman–Crippen LogP) is 2.21. The number of hydrogen-bond acceptors (Lipinski definition) is 3. The zero-order valence-corrected chi connectivity index (χ0v) is 11.8. The largest absolute Gasteiger partial charge is 0.415 e. The van der Waals surface area contributed by atoms with Crippen molar-refractivity contribution in [1.82, 2.24) is 4.90 Å². The highest BCUT2D eigenvalue weighted by Crippen LogP contribution is 2.23. The minimum Gasteiger partial charge on any atom is -0.382 e. The fourth-order valence-electron chi connectivity index (χ4n) is 2.52. The van der Waals surface area contributed by atoms with Gasteiger partial charge in [-0.25, -0.2) is 0 Å². The van der Waals surface area contributed by atoms with Gasteiger partial charge in [-0.2, -0.15) is 13.2 Å². The predicted molar refractivity (Wildman–Crippen MR) is 72.4 cm³/mol. The molecular formula is C15H18F3NO2. The van der Waals surface area contributed by atoms with E-state index in [9.17, 15) is 18.0 Å². The number of hydrogen-bond donors (Lipinski definition) is 1. The minimum atomic E-state index is -4.58. The maximum atomic E-state index is 12.4. The number of carbonyl (C=O) groups is 1. The van der Waals surface area contributed by atoms with Gasteiger partial charge in [0.1, 0.15) is 0 Å². The minimum absolute atomic E-state index is 0.0219. The first-order chi connectivity index (χ1) is 9.77. The summed E-state index contributed by atoms with van der Waals surface area (Å²) in [4.78, 5) is 13.0. The van der Waals surface area contributed by atoms with Crippen LogP contribution in [0.1, 0.15) is 28.4 Å². The van der Waals surface area contributed by atoms with Crippen LogP contribution in [0.5, 0.6) is 0 Å². The van der Waals surface area contributed by atoms with Gasteiger partial charge in [-0.1, -0.05) is 12.1 Å². The van der Waals surface area contributed by atoms with Crippen molar-refractivity contribution in [3.8, 4) is 0 Å². The van der Waals surface area contributed by atoms with E-state index < -0.39 is 18.8 Å². The number of benzene rings is 1. The lowest BCUT2D eigenvalue weighted by Gasteiger charge is -2.24. The molecule has 1 aromatic rings. The first-order valence-electron chi connectivity index (χ1n) is 6.87. The molecule has 1 aromatic carbocycles. The van der Waals surface area contributed by atoms with Crippen molar-refractivity contribution in [3.63, 3.8) is 0 Å². The monoisotopic (exact) mass is 301 g/mol. The normalized spacial score (nSPS) is 18.0. The van der Waals surface area contributed by atoms with Gasteiger partial charge in [0.2, 0.25) is 0 Å². The molecule has 0 unspecified atom stereocenters. The summed E-state index contributed by atoms with van der Waals surface area (Å²) in [5.74, 6) is -0.0219. The third-order valence-electron chi connectivity index (χ3n) is 3.82. The number of alkyl halides is 3. The van der Waals surface area contributed by atoms with E-state index in [0.29, 0.717) is 31.5 Å². The Kier molecular flexibility index (Phi) is 4.68. The number of halogens is 3. The Bertz CT molecular complexity index is 528. The zero-order valence-electron chi connectivity index (χ0n) is 11.8. The lowest BCUT2D eigenvalue weighted by Crippen LogP contribution is -2.41. The van der Waals surface area contributed by atoms with Crippen LogP contribution >= 0.6 is 0 Å². The molecule has 1 aliphatic heterocycles. The number of rotatable bonds is 3. The van der Waals surface area contributed by atoms with Gasteiger partial charge in [-0.15, -0.1) is 0 Å². The first kappa shape index (κ1) is 16.0. The molecule has 21 heavy (non-hydrogen) atoms. The smallest absolute Gasteiger partial charge is 0.382 e. The van der Waals surface area contributed by atoms with E-state index in [0.717, 1.165) is 11.1 Å². The average Bonchev–Trinajstić information content (AvgIpc) is 2.59. The third kappa shape index (κ3) is 4.04. The number of aliphatic hydroxyl groups is 1. The van der Waals surface area contributed by atoms with E-state index in [1.807, 2.05) is 12.1 Å². The van der Waals surface area contributed by atoms with Gasteiger partial charge in [0, 0.05) is 25.2 Å². The molecule has 2 rings (SSSR count). The maximum Gasteiger partial charge on any atom is 0.415 e. The van der Waals surface area contributed by atoms with E-state index in [-0.39, 0.29) is 5.78 Å². The van der Waals surface area contributed by atoms with E-state index in [1.165, 1.54) is 6.92 Å². The SMILES string of the molecule is CC(=O)c1ccc2c(c1)CCN(C[C@H](O)C(F)(F)F)CC2. The average molecular weight is 301 g/mol. The number of nitrogens with zero attached hydrogens (tertiary/aromatic N) is 1. The molecule has 1 heterocycles. The van der Waals surface area contributed by atoms with E-state index in [4.69, 9.17) is 5.11 Å². The Morgan fingerprint density at radius 3 is 2.48 bits per heavy atom. The fourth-order valence-corrected chi connectivity index (χ4v) is 2.52. The van der Waals surface area contributed by atoms with Gasteiger partial charge >= 0.3 is 6.18 Å². The van der Waals surface area contributed by atoms with E-state index >= 15 is 0 Å². The molecule has 3 nitrogen and oxygen atoms in total. The quantitative estimate of drug-likeness (QED) is 0.870. The molecule has 0 amide bonds. The number of aliphatic hydroxyl groups excluding tert-OH is 1. The summed E-state index contributed by atoms with van der Waals surface area (Å²) < 4.78 is 37.2. The van der Waals surface area contributed by atoms with Crippen LogP contribution in [0.2, 0.25) is 0 Å². The van der Waals surface area contributed by atoms with Crippen molar-refractivity contribution in [2.45, 2.75) is 32.0 Å². The van der Waals surface area contributed by atoms with Gasteiger partial charge in [-0.3, -0.25) is 9.69 Å². The Morgan fingerprint density at radius 1 is 1.29 bits per heavy atom. The van der Waals surface area contributed by atoms with Crippen LogP contribution in [0.4, 0.5) is 13.2 Å². The molecule has 0 bridgehead atoms. The molecular weight excluding hydrogens is 283 g/mol. The first-order valence-corrected chi connectivity index (χ1v) is 6.87. The molecule has 1 N–H and O–H groups in total. The van der Waals surface area contributed by atoms with Crippen molar-refractivity contribution in [2.75, 3.05) is 19.6 Å². The highest BCUT2D eigenvalue weighted by atomic mass is 19.4. The lowest BCUT2D eigenvalue weighted by molar-refractivity contribution is -0.208. The van der Waals surface area contributed by atoms with Gasteiger partial charge in [0.05, 0.1) is 0 Å². The Morgan fingerprint density at radius 2 is 1.90 bits per heavy atom. The van der Waals surface area contributed by atoms with Crippen LogP contribution in [0.15, 0.2) is 18.2 Å². The summed E-state index contributed by atoms with van der Waals surface area (Å²) in [7, 11) is 0. The van der Waals surface area contributed by atoms with Crippen molar-refractivity contribution < 1.29 is 23.1 Å². The molecule has 116 valence electrons. The Balaban J connectivity index is 2.05. The third-order valence-corrected chi connectivity index (χ3v) is 3.82. The molecule has 0 aliphatic carbocycles.